The summed E-state index contributed by atoms with van der Waals surface area (Å²) in [5.74, 6) is 0.790. The van der Waals surface area contributed by atoms with Crippen molar-refractivity contribution in [3.63, 3.8) is 0 Å². The van der Waals surface area contributed by atoms with Crippen LogP contribution in [0.3, 0.4) is 0 Å². The van der Waals surface area contributed by atoms with Crippen LogP contribution in [0.25, 0.3) is 0 Å². The van der Waals surface area contributed by atoms with Crippen LogP contribution in [0.2, 0.25) is 0 Å². The summed E-state index contributed by atoms with van der Waals surface area (Å²) in [6, 6.07) is 16.3. The standard InChI is InChI=1S/C18H22O2/c1-14-10-11-18(17(13-14)15(2)19)20-12-6-9-16-7-4-3-5-8-16/h3-5,7-8,10-11,13,15,19H,6,9,12H2,1-2H3/t15-/m0/s1. The molecule has 1 N–H and O–H groups in total. The lowest BCUT2D eigenvalue weighted by Crippen LogP contribution is -2.03. The van der Waals surface area contributed by atoms with Crippen molar-refractivity contribution in [1.82, 2.24) is 0 Å². The molecular formula is C18H22O2. The molecule has 2 aromatic carbocycles. The highest BCUT2D eigenvalue weighted by molar-refractivity contribution is 5.38. The Kier molecular flexibility index (Phi) is 5.19. The highest BCUT2D eigenvalue weighted by atomic mass is 16.5. The summed E-state index contributed by atoms with van der Waals surface area (Å²) < 4.78 is 5.82. The van der Waals surface area contributed by atoms with E-state index >= 15 is 0 Å². The van der Waals surface area contributed by atoms with Crippen molar-refractivity contribution >= 4 is 0 Å². The van der Waals surface area contributed by atoms with Gasteiger partial charge in [-0.1, -0.05) is 42.0 Å². The number of aryl methyl sites for hydroxylation is 2. The van der Waals surface area contributed by atoms with Crippen molar-refractivity contribution in [3.05, 3.63) is 65.2 Å². The molecule has 0 aromatic heterocycles. The molecule has 2 aromatic rings. The molecule has 0 unspecified atom stereocenters. The van der Waals surface area contributed by atoms with E-state index in [9.17, 15) is 5.11 Å². The van der Waals surface area contributed by atoms with Gasteiger partial charge < -0.3 is 9.84 Å². The molecule has 0 saturated carbocycles. The Morgan fingerprint density at radius 2 is 1.85 bits per heavy atom. The Bertz CT molecular complexity index is 532. The number of aliphatic hydroxyl groups excluding tert-OH is 1. The molecule has 0 fully saturated rings. The first kappa shape index (κ1) is 14.6. The predicted molar refractivity (Wildman–Crippen MR) is 82.1 cm³/mol. The normalized spacial score (nSPS) is 12.2. The van der Waals surface area contributed by atoms with Crippen LogP contribution in [0.15, 0.2) is 48.5 Å². The fourth-order valence-electron chi connectivity index (χ4n) is 2.23. The summed E-state index contributed by atoms with van der Waals surface area (Å²) in [5, 5.41) is 9.78. The Hall–Kier alpha value is -1.80. The van der Waals surface area contributed by atoms with Gasteiger partial charge in [0.05, 0.1) is 12.7 Å². The Morgan fingerprint density at radius 1 is 1.10 bits per heavy atom. The number of benzene rings is 2. The summed E-state index contributed by atoms with van der Waals surface area (Å²) >= 11 is 0. The molecule has 2 heteroatoms. The maximum absolute atomic E-state index is 9.78. The average Bonchev–Trinajstić information content (AvgIpc) is 2.45. The lowest BCUT2D eigenvalue weighted by molar-refractivity contribution is 0.191. The van der Waals surface area contributed by atoms with Crippen LogP contribution in [0.5, 0.6) is 5.75 Å². The quantitative estimate of drug-likeness (QED) is 0.802. The first-order chi connectivity index (χ1) is 9.66. The SMILES string of the molecule is Cc1ccc(OCCCc2ccccc2)c([C@H](C)O)c1. The molecule has 0 aliphatic carbocycles. The minimum absolute atomic E-state index is 0.501. The zero-order valence-corrected chi connectivity index (χ0v) is 12.2. The van der Waals surface area contributed by atoms with E-state index in [2.05, 4.69) is 24.3 Å². The monoisotopic (exact) mass is 270 g/mol. The summed E-state index contributed by atoms with van der Waals surface area (Å²) in [7, 11) is 0. The number of rotatable bonds is 6. The third kappa shape index (κ3) is 4.10. The smallest absolute Gasteiger partial charge is 0.125 e. The van der Waals surface area contributed by atoms with Crippen LogP contribution in [0.1, 0.15) is 36.1 Å². The average molecular weight is 270 g/mol. The van der Waals surface area contributed by atoms with Crippen LogP contribution in [0.4, 0.5) is 0 Å². The van der Waals surface area contributed by atoms with Gasteiger partial charge in [-0.05, 0) is 44.4 Å². The Labute approximate surface area is 121 Å². The molecule has 106 valence electrons. The lowest BCUT2D eigenvalue weighted by Gasteiger charge is -2.14. The number of hydrogen-bond acceptors (Lipinski definition) is 2. The van der Waals surface area contributed by atoms with Gasteiger partial charge in [0, 0.05) is 5.56 Å². The van der Waals surface area contributed by atoms with Gasteiger partial charge in [-0.25, -0.2) is 0 Å². The van der Waals surface area contributed by atoms with E-state index in [0.29, 0.717) is 6.61 Å². The second-order valence-corrected chi connectivity index (χ2v) is 5.15. The van der Waals surface area contributed by atoms with Gasteiger partial charge in [0.1, 0.15) is 5.75 Å². The molecule has 20 heavy (non-hydrogen) atoms. The Morgan fingerprint density at radius 3 is 2.55 bits per heavy atom. The van der Waals surface area contributed by atoms with Gasteiger partial charge in [0.2, 0.25) is 0 Å². The lowest BCUT2D eigenvalue weighted by atomic mass is 10.1. The van der Waals surface area contributed by atoms with Crippen LogP contribution >= 0.6 is 0 Å². The zero-order valence-electron chi connectivity index (χ0n) is 12.2. The summed E-state index contributed by atoms with van der Waals surface area (Å²) in [6.07, 6.45) is 1.48. The van der Waals surface area contributed by atoms with Crippen molar-refractivity contribution in [2.75, 3.05) is 6.61 Å². The van der Waals surface area contributed by atoms with E-state index in [1.807, 2.05) is 31.2 Å². The third-order valence-electron chi connectivity index (χ3n) is 3.33. The van der Waals surface area contributed by atoms with Crippen LogP contribution in [-0.2, 0) is 6.42 Å². The minimum atomic E-state index is -0.501. The van der Waals surface area contributed by atoms with Crippen molar-refractivity contribution in [3.8, 4) is 5.75 Å². The maximum atomic E-state index is 9.78. The molecule has 0 bridgehead atoms. The summed E-state index contributed by atoms with van der Waals surface area (Å²) in [5.41, 5.74) is 3.33. The third-order valence-corrected chi connectivity index (χ3v) is 3.33. The number of aliphatic hydroxyl groups is 1. The van der Waals surface area contributed by atoms with Crippen molar-refractivity contribution in [2.45, 2.75) is 32.8 Å². The highest BCUT2D eigenvalue weighted by Crippen LogP contribution is 2.26. The van der Waals surface area contributed by atoms with Crippen molar-refractivity contribution in [1.29, 1.82) is 0 Å². The van der Waals surface area contributed by atoms with Gasteiger partial charge >= 0.3 is 0 Å². The molecule has 0 amide bonds. The molecule has 2 rings (SSSR count). The van der Waals surface area contributed by atoms with Crippen LogP contribution in [0, 0.1) is 6.92 Å². The van der Waals surface area contributed by atoms with Gasteiger partial charge in [-0.15, -0.1) is 0 Å². The number of ether oxygens (including phenoxy) is 1. The van der Waals surface area contributed by atoms with E-state index in [1.165, 1.54) is 5.56 Å². The minimum Gasteiger partial charge on any atom is -0.493 e. The number of hydrogen-bond donors (Lipinski definition) is 1. The van der Waals surface area contributed by atoms with E-state index < -0.39 is 6.10 Å². The van der Waals surface area contributed by atoms with Gasteiger partial charge in [-0.3, -0.25) is 0 Å². The molecular weight excluding hydrogens is 248 g/mol. The second kappa shape index (κ2) is 7.11. The van der Waals surface area contributed by atoms with Gasteiger partial charge in [-0.2, -0.15) is 0 Å². The van der Waals surface area contributed by atoms with Gasteiger partial charge in [0.15, 0.2) is 0 Å². The highest BCUT2D eigenvalue weighted by Gasteiger charge is 2.09. The fourth-order valence-corrected chi connectivity index (χ4v) is 2.23. The molecule has 0 radical (unpaired) electrons. The predicted octanol–water partition coefficient (Wildman–Crippen LogP) is 4.06. The van der Waals surface area contributed by atoms with E-state index in [4.69, 9.17) is 4.74 Å². The van der Waals surface area contributed by atoms with Crippen molar-refractivity contribution in [2.24, 2.45) is 0 Å². The zero-order chi connectivity index (χ0) is 14.4. The molecule has 0 saturated heterocycles. The van der Waals surface area contributed by atoms with E-state index in [-0.39, 0.29) is 0 Å². The molecule has 0 aliphatic heterocycles. The second-order valence-electron chi connectivity index (χ2n) is 5.15. The molecule has 0 aliphatic rings. The van der Waals surface area contributed by atoms with Gasteiger partial charge in [0.25, 0.3) is 0 Å². The largest absolute Gasteiger partial charge is 0.493 e. The van der Waals surface area contributed by atoms with Crippen molar-refractivity contribution < 1.29 is 9.84 Å². The molecule has 0 heterocycles. The molecule has 1 atom stereocenters. The summed E-state index contributed by atoms with van der Waals surface area (Å²) in [6.45, 7) is 4.45. The molecule has 0 spiro atoms. The molecule has 2 nitrogen and oxygen atoms in total. The maximum Gasteiger partial charge on any atom is 0.125 e. The first-order valence-corrected chi connectivity index (χ1v) is 7.12. The first-order valence-electron chi connectivity index (χ1n) is 7.12. The van der Waals surface area contributed by atoms with E-state index in [1.54, 1.807) is 6.92 Å². The fraction of sp³-hybridized carbons (Fsp3) is 0.333. The Balaban J connectivity index is 1.88. The van der Waals surface area contributed by atoms with Crippen LogP contribution < -0.4 is 4.74 Å². The summed E-state index contributed by atoms with van der Waals surface area (Å²) in [4.78, 5) is 0. The van der Waals surface area contributed by atoms with E-state index in [0.717, 1.165) is 29.7 Å². The van der Waals surface area contributed by atoms with Crippen LogP contribution in [-0.4, -0.2) is 11.7 Å². The topological polar surface area (TPSA) is 29.5 Å².